The van der Waals surface area contributed by atoms with Crippen molar-refractivity contribution in [2.45, 2.75) is 38.3 Å². The Bertz CT molecular complexity index is 1670. The molecule has 14 heteroatoms. The zero-order valence-electron chi connectivity index (χ0n) is 25.2. The second kappa shape index (κ2) is 10.6. The molecule has 4 unspecified atom stereocenters. The summed E-state index contributed by atoms with van der Waals surface area (Å²) in [4.78, 5) is 91.7. The van der Waals surface area contributed by atoms with Crippen LogP contribution < -0.4 is 16.0 Å². The predicted molar refractivity (Wildman–Crippen MR) is 155 cm³/mol. The molecule has 2 fully saturated rings. The Balaban J connectivity index is 1.61. The first-order valence-corrected chi connectivity index (χ1v) is 14.0. The molecular formula is C30H34N6O8. The van der Waals surface area contributed by atoms with Gasteiger partial charge in [0.05, 0.1) is 40.8 Å². The average Bonchev–Trinajstić information content (AvgIpc) is 2.93. The number of Topliss-reactive ketones (excluding diaryl/α,β-unsaturated/α-hetero) is 4. The van der Waals surface area contributed by atoms with E-state index in [4.69, 9.17) is 5.73 Å². The summed E-state index contributed by atoms with van der Waals surface area (Å²) in [6.07, 6.45) is 1.30. The van der Waals surface area contributed by atoms with E-state index in [2.05, 4.69) is 15.3 Å². The Morgan fingerprint density at radius 2 is 1.73 bits per heavy atom. The normalized spacial score (nSPS) is 27.9. The van der Waals surface area contributed by atoms with Gasteiger partial charge in [-0.25, -0.2) is 4.98 Å². The number of aryl methyl sites for hydroxylation is 2. The van der Waals surface area contributed by atoms with E-state index in [1.807, 2.05) is 0 Å². The zero-order valence-corrected chi connectivity index (χ0v) is 25.2. The van der Waals surface area contributed by atoms with Crippen LogP contribution in [0.1, 0.15) is 44.2 Å². The molecule has 232 valence electrons. The zero-order chi connectivity index (χ0) is 32.6. The van der Waals surface area contributed by atoms with Crippen molar-refractivity contribution in [3.63, 3.8) is 0 Å². The van der Waals surface area contributed by atoms with Crippen LogP contribution in [0.15, 0.2) is 12.3 Å². The summed E-state index contributed by atoms with van der Waals surface area (Å²) in [5.41, 5.74) is 4.22. The van der Waals surface area contributed by atoms with Crippen molar-refractivity contribution in [3.8, 4) is 5.75 Å². The maximum absolute atomic E-state index is 14.1. The molecule has 1 aromatic heterocycles. The number of hydrogen-bond donors (Lipinski definition) is 4. The van der Waals surface area contributed by atoms with Crippen LogP contribution in [-0.2, 0) is 25.6 Å². The second-order valence-corrected chi connectivity index (χ2v) is 12.2. The SMILES string of the molecule is Cc1ncc(C(=O)Nc2cc(N(C)C)c3c(c2O)C(=O)C2C(=O)[C@]4(O)C(=O)C(C(N)=O)C(=O)[C@@H](N(C)C)C4CC2C3)nc1C. The first-order valence-electron chi connectivity index (χ1n) is 14.0. The van der Waals surface area contributed by atoms with Crippen molar-refractivity contribution in [2.24, 2.45) is 29.4 Å². The van der Waals surface area contributed by atoms with Crippen LogP contribution in [0.3, 0.4) is 0 Å². The minimum absolute atomic E-state index is 0.0245. The number of ketones is 4. The van der Waals surface area contributed by atoms with E-state index < -0.39 is 76.0 Å². The molecule has 2 saturated carbocycles. The number of anilines is 2. The number of aromatic hydroxyl groups is 1. The van der Waals surface area contributed by atoms with E-state index in [0.29, 0.717) is 22.6 Å². The van der Waals surface area contributed by atoms with E-state index in [1.54, 1.807) is 32.8 Å². The Kier molecular flexibility index (Phi) is 7.41. The van der Waals surface area contributed by atoms with Crippen LogP contribution in [0.5, 0.6) is 5.75 Å². The largest absolute Gasteiger partial charge is 0.505 e. The van der Waals surface area contributed by atoms with E-state index in [-0.39, 0.29) is 29.8 Å². The lowest BCUT2D eigenvalue weighted by Gasteiger charge is -2.52. The van der Waals surface area contributed by atoms with Gasteiger partial charge in [-0.3, -0.25) is 38.7 Å². The molecule has 0 saturated heterocycles. The number of likely N-dealkylation sites (N-methyl/N-ethyl adjacent to an activating group) is 1. The molecule has 1 heterocycles. The Labute approximate surface area is 252 Å². The van der Waals surface area contributed by atoms with Gasteiger partial charge in [0.25, 0.3) is 5.91 Å². The van der Waals surface area contributed by atoms with Crippen molar-refractivity contribution in [1.82, 2.24) is 14.9 Å². The number of nitrogens with zero attached hydrogens (tertiary/aromatic N) is 4. The highest BCUT2D eigenvalue weighted by molar-refractivity contribution is 6.32. The number of benzene rings is 1. The summed E-state index contributed by atoms with van der Waals surface area (Å²) in [5.74, 6) is -12.3. The molecular weight excluding hydrogens is 572 g/mol. The summed E-state index contributed by atoms with van der Waals surface area (Å²) in [5, 5.41) is 25.7. The molecule has 0 aliphatic heterocycles. The highest BCUT2D eigenvalue weighted by Crippen LogP contribution is 2.52. The molecule has 0 radical (unpaired) electrons. The van der Waals surface area contributed by atoms with Gasteiger partial charge >= 0.3 is 0 Å². The van der Waals surface area contributed by atoms with Crippen LogP contribution in [0.25, 0.3) is 0 Å². The fourth-order valence-corrected chi connectivity index (χ4v) is 6.98. The minimum atomic E-state index is -2.83. The molecule has 2 amide bonds. The summed E-state index contributed by atoms with van der Waals surface area (Å²) in [7, 11) is 6.46. The number of amides is 2. The number of carbonyl (C=O) groups excluding carboxylic acids is 6. The lowest BCUT2D eigenvalue weighted by atomic mass is 9.52. The number of primary amides is 1. The van der Waals surface area contributed by atoms with E-state index >= 15 is 0 Å². The van der Waals surface area contributed by atoms with Gasteiger partial charge < -0.3 is 26.2 Å². The molecule has 5 rings (SSSR count). The molecule has 3 aliphatic carbocycles. The van der Waals surface area contributed by atoms with E-state index in [9.17, 15) is 39.0 Å². The molecule has 0 bridgehead atoms. The van der Waals surface area contributed by atoms with Crippen LogP contribution in [0, 0.1) is 37.5 Å². The first kappa shape index (κ1) is 30.9. The van der Waals surface area contributed by atoms with Gasteiger partial charge in [0.15, 0.2) is 34.7 Å². The number of rotatable bonds is 5. The predicted octanol–water partition coefficient (Wildman–Crippen LogP) is -0.408. The third kappa shape index (κ3) is 4.39. The third-order valence-corrected chi connectivity index (χ3v) is 9.19. The van der Waals surface area contributed by atoms with Crippen molar-refractivity contribution >= 4 is 46.3 Å². The molecule has 1 aromatic carbocycles. The average molecular weight is 607 g/mol. The van der Waals surface area contributed by atoms with Crippen LogP contribution in [-0.4, -0.2) is 99.9 Å². The molecule has 5 N–H and O–H groups in total. The van der Waals surface area contributed by atoms with Gasteiger partial charge in [-0.15, -0.1) is 0 Å². The summed E-state index contributed by atoms with van der Waals surface area (Å²) < 4.78 is 0. The molecule has 0 spiro atoms. The van der Waals surface area contributed by atoms with Gasteiger partial charge in [-0.2, -0.15) is 0 Å². The number of phenols is 1. The first-order chi connectivity index (χ1) is 20.5. The van der Waals surface area contributed by atoms with Crippen LogP contribution in [0.4, 0.5) is 11.4 Å². The summed E-state index contributed by atoms with van der Waals surface area (Å²) in [6, 6.07) is 0.313. The number of aromatic nitrogens is 2. The Morgan fingerprint density at radius 1 is 1.07 bits per heavy atom. The quantitative estimate of drug-likeness (QED) is 0.253. The van der Waals surface area contributed by atoms with Crippen molar-refractivity contribution in [3.05, 3.63) is 40.5 Å². The van der Waals surface area contributed by atoms with Crippen LogP contribution in [0.2, 0.25) is 0 Å². The van der Waals surface area contributed by atoms with E-state index in [0.717, 1.165) is 0 Å². The number of nitrogens with two attached hydrogens (primary N) is 1. The topological polar surface area (TPSA) is 213 Å². The van der Waals surface area contributed by atoms with Gasteiger partial charge in [0.2, 0.25) is 5.91 Å². The fourth-order valence-electron chi connectivity index (χ4n) is 6.98. The molecule has 44 heavy (non-hydrogen) atoms. The number of carbonyl (C=O) groups is 6. The number of hydrogen-bond acceptors (Lipinski definition) is 12. The number of fused-ring (bicyclic) bond motifs is 3. The standard InChI is InChI=1S/C30H34N6O8/c1-11-12(2)33-17(10-32-11)29(43)34-16-9-18(35(3)4)14-7-13-8-15-22(36(5)6)25(39)21(28(31)42)27(41)30(15,44)26(40)19(13)24(38)20(14)23(16)37/h9-10,13,15,19,21-22,37,44H,7-8H2,1-6H3,(H2,31,42)(H,34,43)/t13?,15?,19?,21?,22-,30-/m0/s1. The van der Waals surface area contributed by atoms with E-state index in [1.165, 1.54) is 31.3 Å². The van der Waals surface area contributed by atoms with Crippen molar-refractivity contribution in [1.29, 1.82) is 0 Å². The van der Waals surface area contributed by atoms with Gasteiger partial charge in [-0.1, -0.05) is 0 Å². The molecule has 2 aromatic rings. The number of nitrogens with one attached hydrogen (secondary N) is 1. The number of phenolic OH excluding ortho intramolecular Hbond substituents is 1. The van der Waals surface area contributed by atoms with Crippen molar-refractivity contribution in [2.75, 3.05) is 38.4 Å². The summed E-state index contributed by atoms with van der Waals surface area (Å²) in [6.45, 7) is 3.42. The monoisotopic (exact) mass is 606 g/mol. The maximum Gasteiger partial charge on any atom is 0.275 e. The Hall–Kier alpha value is -4.56. The lowest BCUT2D eigenvalue weighted by Crippen LogP contribution is -2.74. The molecule has 14 nitrogen and oxygen atoms in total. The van der Waals surface area contributed by atoms with Crippen molar-refractivity contribution < 1.29 is 39.0 Å². The Morgan fingerprint density at radius 3 is 2.30 bits per heavy atom. The molecule has 3 aliphatic rings. The molecule has 6 atom stereocenters. The highest BCUT2D eigenvalue weighted by atomic mass is 16.3. The second-order valence-electron chi connectivity index (χ2n) is 12.2. The number of aliphatic hydroxyl groups is 1. The smallest absolute Gasteiger partial charge is 0.275 e. The minimum Gasteiger partial charge on any atom is -0.505 e. The third-order valence-electron chi connectivity index (χ3n) is 9.19. The van der Waals surface area contributed by atoms with Gasteiger partial charge in [-0.05, 0) is 58.3 Å². The maximum atomic E-state index is 14.1. The summed E-state index contributed by atoms with van der Waals surface area (Å²) >= 11 is 0. The lowest BCUT2D eigenvalue weighted by molar-refractivity contribution is -0.181. The van der Waals surface area contributed by atoms with Crippen LogP contribution >= 0.6 is 0 Å². The van der Waals surface area contributed by atoms with Gasteiger partial charge in [0, 0.05) is 25.7 Å². The van der Waals surface area contributed by atoms with Gasteiger partial charge in [0.1, 0.15) is 11.4 Å². The highest BCUT2D eigenvalue weighted by Gasteiger charge is 2.69. The fraction of sp³-hybridized carbons (Fsp3) is 0.467.